The summed E-state index contributed by atoms with van der Waals surface area (Å²) in [6, 6.07) is 1.67. The maximum Gasteiger partial charge on any atom is 0.328 e. The van der Waals surface area contributed by atoms with E-state index in [1.807, 2.05) is 0 Å². The van der Waals surface area contributed by atoms with Gasteiger partial charge in [-0.05, 0) is 13.0 Å². The molecule has 0 bridgehead atoms. The van der Waals surface area contributed by atoms with E-state index in [4.69, 9.17) is 16.1 Å². The summed E-state index contributed by atoms with van der Waals surface area (Å²) >= 11 is 7.16. The van der Waals surface area contributed by atoms with Crippen molar-refractivity contribution in [2.75, 3.05) is 0 Å². The molecule has 0 spiro atoms. The lowest BCUT2D eigenvalue weighted by molar-refractivity contribution is 0.178. The van der Waals surface area contributed by atoms with Gasteiger partial charge in [-0.15, -0.1) is 11.3 Å². The fourth-order valence-electron chi connectivity index (χ4n) is 2.11. The Hall–Kier alpha value is -2.23. The quantitative estimate of drug-likeness (QED) is 0.701. The number of aromatic nitrogens is 4. The zero-order chi connectivity index (χ0) is 17.3. The van der Waals surface area contributed by atoms with Crippen LogP contribution in [0.4, 0.5) is 0 Å². The number of aliphatic hydroxyl groups is 1. The molecule has 0 unspecified atom stereocenters. The average molecular weight is 369 g/mol. The minimum Gasteiger partial charge on any atom is -0.387 e. The molecule has 0 radical (unpaired) electrons. The molecule has 10 heteroatoms. The molecule has 0 aliphatic rings. The number of thiophene rings is 1. The first-order valence-electron chi connectivity index (χ1n) is 6.96. The number of hydrogen-bond donors (Lipinski definition) is 2. The van der Waals surface area contributed by atoms with Crippen LogP contribution in [0.5, 0.6) is 0 Å². The molecule has 1 atom stereocenters. The zero-order valence-corrected chi connectivity index (χ0v) is 14.1. The number of aromatic amines is 1. The SMILES string of the molecule is Cc1c[nH]c(=O)n(Cc2nc(C[C@H](O)c3cc(Cl)cs3)no2)c1=O. The summed E-state index contributed by atoms with van der Waals surface area (Å²) in [6.07, 6.45) is 0.681. The molecule has 0 saturated carbocycles. The maximum atomic E-state index is 12.0. The molecule has 8 nitrogen and oxygen atoms in total. The van der Waals surface area contributed by atoms with Gasteiger partial charge in [0.05, 0.1) is 11.1 Å². The van der Waals surface area contributed by atoms with Crippen LogP contribution in [0.15, 0.2) is 31.8 Å². The second kappa shape index (κ2) is 6.71. The topological polar surface area (TPSA) is 114 Å². The predicted molar refractivity (Wildman–Crippen MR) is 87.5 cm³/mol. The lowest BCUT2D eigenvalue weighted by atomic mass is 10.2. The monoisotopic (exact) mass is 368 g/mol. The van der Waals surface area contributed by atoms with Gasteiger partial charge in [0, 0.05) is 28.4 Å². The van der Waals surface area contributed by atoms with Crippen molar-refractivity contribution in [1.29, 1.82) is 0 Å². The molecule has 3 aromatic heterocycles. The van der Waals surface area contributed by atoms with Gasteiger partial charge in [-0.1, -0.05) is 16.8 Å². The minimum absolute atomic E-state index is 0.111. The molecule has 0 amide bonds. The highest BCUT2D eigenvalue weighted by Crippen LogP contribution is 2.26. The van der Waals surface area contributed by atoms with Crippen LogP contribution in [0.1, 0.15) is 28.3 Å². The van der Waals surface area contributed by atoms with Gasteiger partial charge in [0.15, 0.2) is 5.82 Å². The van der Waals surface area contributed by atoms with E-state index < -0.39 is 17.4 Å². The second-order valence-corrected chi connectivity index (χ2v) is 6.54. The van der Waals surface area contributed by atoms with Crippen LogP contribution in [0.2, 0.25) is 5.02 Å². The fourth-order valence-corrected chi connectivity index (χ4v) is 3.18. The highest BCUT2D eigenvalue weighted by Gasteiger charge is 2.16. The van der Waals surface area contributed by atoms with Crippen molar-refractivity contribution >= 4 is 22.9 Å². The van der Waals surface area contributed by atoms with E-state index in [0.717, 1.165) is 4.57 Å². The van der Waals surface area contributed by atoms with Crippen molar-refractivity contribution in [3.8, 4) is 0 Å². The Labute approximate surface area is 144 Å². The molecular formula is C14H13ClN4O4S. The molecule has 0 aromatic carbocycles. The molecule has 0 fully saturated rings. The Bertz CT molecular complexity index is 974. The smallest absolute Gasteiger partial charge is 0.328 e. The Morgan fingerprint density at radius 3 is 3.00 bits per heavy atom. The average Bonchev–Trinajstić information content (AvgIpc) is 3.17. The van der Waals surface area contributed by atoms with Gasteiger partial charge in [0.1, 0.15) is 6.54 Å². The standard InChI is InChI=1S/C14H13ClN4O4S/c1-7-4-16-14(22)19(13(7)21)5-12-17-11(18-23-12)3-9(20)10-2-8(15)6-24-10/h2,4,6,9,20H,3,5H2,1H3,(H,16,22)/t9-/m0/s1. The van der Waals surface area contributed by atoms with Crippen LogP contribution in [-0.2, 0) is 13.0 Å². The number of rotatable bonds is 5. The number of nitrogens with one attached hydrogen (secondary N) is 1. The summed E-state index contributed by atoms with van der Waals surface area (Å²) in [6.45, 7) is 1.46. The molecule has 2 N–H and O–H groups in total. The van der Waals surface area contributed by atoms with Crippen LogP contribution in [0.3, 0.4) is 0 Å². The first kappa shape index (κ1) is 16.6. The molecule has 24 heavy (non-hydrogen) atoms. The summed E-state index contributed by atoms with van der Waals surface area (Å²) in [4.78, 5) is 31.0. The van der Waals surface area contributed by atoms with E-state index >= 15 is 0 Å². The van der Waals surface area contributed by atoms with E-state index in [0.29, 0.717) is 15.5 Å². The number of H-pyrrole nitrogens is 1. The van der Waals surface area contributed by atoms with Gasteiger partial charge in [-0.2, -0.15) is 4.98 Å². The van der Waals surface area contributed by atoms with Gasteiger partial charge >= 0.3 is 5.69 Å². The first-order chi connectivity index (χ1) is 11.4. The van der Waals surface area contributed by atoms with Crippen LogP contribution in [-0.4, -0.2) is 24.8 Å². The molecule has 0 aliphatic heterocycles. The molecule has 126 valence electrons. The number of aryl methyl sites for hydroxylation is 1. The van der Waals surface area contributed by atoms with E-state index in [9.17, 15) is 14.7 Å². The van der Waals surface area contributed by atoms with Crippen LogP contribution in [0.25, 0.3) is 0 Å². The van der Waals surface area contributed by atoms with Gasteiger partial charge < -0.3 is 14.6 Å². The summed E-state index contributed by atoms with van der Waals surface area (Å²) < 4.78 is 6.03. The van der Waals surface area contributed by atoms with E-state index in [1.165, 1.54) is 17.5 Å². The van der Waals surface area contributed by atoms with E-state index in [2.05, 4.69) is 15.1 Å². The molecule has 3 heterocycles. The lowest BCUT2D eigenvalue weighted by Gasteiger charge is -2.04. The lowest BCUT2D eigenvalue weighted by Crippen LogP contribution is -2.36. The van der Waals surface area contributed by atoms with Gasteiger partial charge in [0.2, 0.25) is 5.89 Å². The molecule has 3 aromatic rings. The van der Waals surface area contributed by atoms with Crippen molar-refractivity contribution in [3.63, 3.8) is 0 Å². The molecule has 0 aliphatic carbocycles. The third-order valence-corrected chi connectivity index (χ3v) is 4.72. The third kappa shape index (κ3) is 3.48. The minimum atomic E-state index is -0.807. The van der Waals surface area contributed by atoms with Crippen molar-refractivity contribution in [2.45, 2.75) is 26.0 Å². The molecule has 3 rings (SSSR count). The van der Waals surface area contributed by atoms with E-state index in [1.54, 1.807) is 18.4 Å². The number of nitrogens with zero attached hydrogens (tertiary/aromatic N) is 3. The number of halogens is 1. The molecular weight excluding hydrogens is 356 g/mol. The van der Waals surface area contributed by atoms with Crippen molar-refractivity contribution in [1.82, 2.24) is 19.7 Å². The van der Waals surface area contributed by atoms with Crippen LogP contribution >= 0.6 is 22.9 Å². The summed E-state index contributed by atoms with van der Waals surface area (Å²) in [5.41, 5.74) is -0.579. The van der Waals surface area contributed by atoms with Crippen LogP contribution < -0.4 is 11.2 Å². The Balaban J connectivity index is 1.76. The molecule has 0 saturated heterocycles. The third-order valence-electron chi connectivity index (χ3n) is 3.34. The highest BCUT2D eigenvalue weighted by atomic mass is 35.5. The Morgan fingerprint density at radius 1 is 1.50 bits per heavy atom. The normalized spacial score (nSPS) is 12.5. The summed E-state index contributed by atoms with van der Waals surface area (Å²) in [5, 5.41) is 16.2. The van der Waals surface area contributed by atoms with Crippen molar-refractivity contribution in [2.24, 2.45) is 0 Å². The second-order valence-electron chi connectivity index (χ2n) is 5.16. The van der Waals surface area contributed by atoms with Gasteiger partial charge in [-0.25, -0.2) is 4.79 Å². The van der Waals surface area contributed by atoms with Crippen molar-refractivity contribution in [3.05, 3.63) is 65.7 Å². The maximum absolute atomic E-state index is 12.0. The van der Waals surface area contributed by atoms with Crippen LogP contribution in [0, 0.1) is 6.92 Å². The predicted octanol–water partition coefficient (Wildman–Crippen LogP) is 1.27. The fraction of sp³-hybridized carbons (Fsp3) is 0.286. The summed E-state index contributed by atoms with van der Waals surface area (Å²) in [7, 11) is 0. The van der Waals surface area contributed by atoms with Gasteiger partial charge in [0.25, 0.3) is 5.56 Å². The highest BCUT2D eigenvalue weighted by molar-refractivity contribution is 7.10. The Morgan fingerprint density at radius 2 is 2.29 bits per heavy atom. The number of hydrogen-bond acceptors (Lipinski definition) is 7. The zero-order valence-electron chi connectivity index (χ0n) is 12.5. The van der Waals surface area contributed by atoms with Gasteiger partial charge in [-0.3, -0.25) is 9.36 Å². The largest absolute Gasteiger partial charge is 0.387 e. The van der Waals surface area contributed by atoms with E-state index in [-0.39, 0.29) is 24.7 Å². The summed E-state index contributed by atoms with van der Waals surface area (Å²) in [5.74, 6) is 0.388. The first-order valence-corrected chi connectivity index (χ1v) is 8.22. The number of aliphatic hydroxyl groups excluding tert-OH is 1. The van der Waals surface area contributed by atoms with Crippen molar-refractivity contribution < 1.29 is 9.63 Å². The Kier molecular flexibility index (Phi) is 4.65.